The van der Waals surface area contributed by atoms with Gasteiger partial charge < -0.3 is 10.2 Å². The highest BCUT2D eigenvalue weighted by atomic mass is 35.5. The number of amides is 2. The molecule has 0 aliphatic heterocycles. The minimum absolute atomic E-state index is 0.0972. The molecule has 1 N–H and O–H groups in total. The van der Waals surface area contributed by atoms with E-state index < -0.39 is 6.04 Å². The number of carbonyl (C=O) groups excluding carboxylic acids is 2. The Bertz CT molecular complexity index is 780. The first-order valence-corrected chi connectivity index (χ1v) is 10.5. The molecule has 0 bridgehead atoms. The molecule has 1 atom stereocenters. The lowest BCUT2D eigenvalue weighted by atomic mass is 10.1. The monoisotopic (exact) mass is 404 g/mol. The van der Waals surface area contributed by atoms with Gasteiger partial charge >= 0.3 is 0 Å². The molecule has 144 valence electrons. The van der Waals surface area contributed by atoms with Crippen molar-refractivity contribution in [3.8, 4) is 0 Å². The number of thioether (sulfide) groups is 1. The second-order valence-electron chi connectivity index (χ2n) is 6.50. The number of nitrogens with one attached hydrogen (secondary N) is 1. The van der Waals surface area contributed by atoms with Crippen molar-refractivity contribution in [3.63, 3.8) is 0 Å². The molecule has 0 radical (unpaired) electrons. The molecule has 0 spiro atoms. The summed E-state index contributed by atoms with van der Waals surface area (Å²) in [7, 11) is 1.75. The van der Waals surface area contributed by atoms with Gasteiger partial charge in [0, 0.05) is 24.2 Å². The molecule has 0 heterocycles. The molecule has 0 aliphatic rings. The Morgan fingerprint density at radius 2 is 1.89 bits per heavy atom. The Morgan fingerprint density at radius 3 is 2.52 bits per heavy atom. The Balaban J connectivity index is 2.07. The molecule has 6 heteroatoms. The lowest BCUT2D eigenvalue weighted by molar-refractivity contribution is -0.132. The van der Waals surface area contributed by atoms with Gasteiger partial charge in [0.15, 0.2) is 0 Å². The Kier molecular flexibility index (Phi) is 8.20. The van der Waals surface area contributed by atoms with Crippen molar-refractivity contribution in [1.29, 1.82) is 0 Å². The van der Waals surface area contributed by atoms with Gasteiger partial charge in [0.2, 0.25) is 5.91 Å². The van der Waals surface area contributed by atoms with Crippen LogP contribution in [0.3, 0.4) is 0 Å². The van der Waals surface area contributed by atoms with E-state index in [1.807, 2.05) is 43.5 Å². The molecule has 1 unspecified atom stereocenters. The number of nitrogens with zero attached hydrogens (tertiary/aromatic N) is 1. The smallest absolute Gasteiger partial charge is 0.251 e. The molecule has 2 aromatic rings. The van der Waals surface area contributed by atoms with E-state index in [1.54, 1.807) is 41.9 Å². The summed E-state index contributed by atoms with van der Waals surface area (Å²) in [5.74, 6) is 0.470. The van der Waals surface area contributed by atoms with Crippen molar-refractivity contribution in [2.45, 2.75) is 25.9 Å². The van der Waals surface area contributed by atoms with Crippen LogP contribution in [0.15, 0.2) is 48.5 Å². The number of hydrogen-bond acceptors (Lipinski definition) is 3. The summed E-state index contributed by atoms with van der Waals surface area (Å²) in [4.78, 5) is 27.2. The van der Waals surface area contributed by atoms with Gasteiger partial charge in [-0.25, -0.2) is 0 Å². The topological polar surface area (TPSA) is 49.4 Å². The Hall–Kier alpha value is -1.98. The third-order valence-corrected chi connectivity index (χ3v) is 5.10. The number of hydrogen-bond donors (Lipinski definition) is 1. The van der Waals surface area contributed by atoms with Crippen molar-refractivity contribution in [1.82, 2.24) is 10.2 Å². The number of rotatable bonds is 8. The quantitative estimate of drug-likeness (QED) is 0.718. The van der Waals surface area contributed by atoms with Crippen LogP contribution >= 0.6 is 23.4 Å². The fourth-order valence-corrected chi connectivity index (χ4v) is 3.33. The van der Waals surface area contributed by atoms with Crippen LogP contribution in [-0.4, -0.2) is 41.8 Å². The average Bonchev–Trinajstić information content (AvgIpc) is 2.66. The van der Waals surface area contributed by atoms with Crippen molar-refractivity contribution in [2.24, 2.45) is 0 Å². The molecule has 0 aliphatic carbocycles. The lowest BCUT2D eigenvalue weighted by Gasteiger charge is -2.25. The van der Waals surface area contributed by atoms with Gasteiger partial charge in [0.25, 0.3) is 5.91 Å². The van der Waals surface area contributed by atoms with E-state index in [9.17, 15) is 9.59 Å². The first-order chi connectivity index (χ1) is 12.9. The molecule has 0 fully saturated rings. The highest BCUT2D eigenvalue weighted by Gasteiger charge is 2.24. The first-order valence-electron chi connectivity index (χ1n) is 8.76. The maximum Gasteiger partial charge on any atom is 0.251 e. The highest BCUT2D eigenvalue weighted by molar-refractivity contribution is 7.98. The SMILES string of the molecule is CSCCC(NC(=O)c1cccc(C)c1)C(=O)N(C)Cc1ccc(Cl)cc1. The van der Waals surface area contributed by atoms with Gasteiger partial charge in [0.1, 0.15) is 6.04 Å². The molecule has 2 rings (SSSR count). The molecule has 0 aromatic heterocycles. The molecule has 0 saturated heterocycles. The van der Waals surface area contributed by atoms with Crippen LogP contribution in [0.4, 0.5) is 0 Å². The maximum absolute atomic E-state index is 12.9. The molecule has 2 aromatic carbocycles. The largest absolute Gasteiger partial charge is 0.340 e. The molecule has 4 nitrogen and oxygen atoms in total. The zero-order valence-corrected chi connectivity index (χ0v) is 17.4. The third kappa shape index (κ3) is 6.60. The summed E-state index contributed by atoms with van der Waals surface area (Å²) in [6.07, 6.45) is 2.57. The number of likely N-dealkylation sites (N-methyl/N-ethyl adjacent to an activating group) is 1. The average molecular weight is 405 g/mol. The number of halogens is 1. The van der Waals surface area contributed by atoms with E-state index in [0.717, 1.165) is 16.9 Å². The zero-order valence-electron chi connectivity index (χ0n) is 15.9. The van der Waals surface area contributed by atoms with E-state index in [2.05, 4.69) is 5.32 Å². The molecule has 2 amide bonds. The standard InChI is InChI=1S/C21H25ClN2O2S/c1-15-5-4-6-17(13-15)20(25)23-19(11-12-27-3)21(26)24(2)14-16-7-9-18(22)10-8-16/h4-10,13,19H,11-12,14H2,1-3H3,(H,23,25). The maximum atomic E-state index is 12.9. The van der Waals surface area contributed by atoms with Crippen LogP contribution in [0, 0.1) is 6.92 Å². The van der Waals surface area contributed by atoms with Crippen molar-refractivity contribution in [3.05, 3.63) is 70.2 Å². The second-order valence-corrected chi connectivity index (χ2v) is 7.92. The van der Waals surface area contributed by atoms with E-state index in [0.29, 0.717) is 23.6 Å². The summed E-state index contributed by atoms with van der Waals surface area (Å²) >= 11 is 7.57. The van der Waals surface area contributed by atoms with Crippen LogP contribution in [-0.2, 0) is 11.3 Å². The Labute approximate surface area is 170 Å². The number of benzene rings is 2. The lowest BCUT2D eigenvalue weighted by Crippen LogP contribution is -2.47. The summed E-state index contributed by atoms with van der Waals surface area (Å²) in [6, 6.07) is 14.2. The summed E-state index contributed by atoms with van der Waals surface area (Å²) in [6.45, 7) is 2.40. The van der Waals surface area contributed by atoms with E-state index in [4.69, 9.17) is 11.6 Å². The zero-order chi connectivity index (χ0) is 19.8. The second kappa shape index (κ2) is 10.4. The van der Waals surface area contributed by atoms with Crippen LogP contribution in [0.25, 0.3) is 0 Å². The van der Waals surface area contributed by atoms with E-state index in [-0.39, 0.29) is 11.8 Å². The fourth-order valence-electron chi connectivity index (χ4n) is 2.73. The van der Waals surface area contributed by atoms with E-state index >= 15 is 0 Å². The van der Waals surface area contributed by atoms with Gasteiger partial charge in [-0.1, -0.05) is 41.4 Å². The van der Waals surface area contributed by atoms with Gasteiger partial charge in [-0.2, -0.15) is 11.8 Å². The third-order valence-electron chi connectivity index (χ3n) is 4.20. The summed E-state index contributed by atoms with van der Waals surface area (Å²) < 4.78 is 0. The molecule has 0 saturated carbocycles. The van der Waals surface area contributed by atoms with Crippen LogP contribution in [0.1, 0.15) is 27.9 Å². The molecule has 27 heavy (non-hydrogen) atoms. The number of carbonyl (C=O) groups is 2. The number of aryl methyl sites for hydroxylation is 1. The van der Waals surface area contributed by atoms with Crippen LogP contribution < -0.4 is 5.32 Å². The fraction of sp³-hybridized carbons (Fsp3) is 0.333. The van der Waals surface area contributed by atoms with Crippen molar-refractivity contribution >= 4 is 35.2 Å². The summed E-state index contributed by atoms with van der Waals surface area (Å²) in [5.41, 5.74) is 2.57. The summed E-state index contributed by atoms with van der Waals surface area (Å²) in [5, 5.41) is 3.57. The van der Waals surface area contributed by atoms with Gasteiger partial charge in [0.05, 0.1) is 0 Å². The minimum Gasteiger partial charge on any atom is -0.340 e. The van der Waals surface area contributed by atoms with Crippen molar-refractivity contribution < 1.29 is 9.59 Å². The molecular weight excluding hydrogens is 380 g/mol. The first kappa shape index (κ1) is 21.3. The van der Waals surface area contributed by atoms with Crippen molar-refractivity contribution in [2.75, 3.05) is 19.1 Å². The highest BCUT2D eigenvalue weighted by Crippen LogP contribution is 2.13. The van der Waals surface area contributed by atoms with Crippen LogP contribution in [0.5, 0.6) is 0 Å². The van der Waals surface area contributed by atoms with Gasteiger partial charge in [-0.3, -0.25) is 9.59 Å². The van der Waals surface area contributed by atoms with Crippen LogP contribution in [0.2, 0.25) is 5.02 Å². The van der Waals surface area contributed by atoms with Gasteiger partial charge in [-0.05, 0) is 55.2 Å². The normalized spacial score (nSPS) is 11.7. The minimum atomic E-state index is -0.553. The predicted molar refractivity (Wildman–Crippen MR) is 113 cm³/mol. The predicted octanol–water partition coefficient (Wildman–Crippen LogP) is 4.16. The Morgan fingerprint density at radius 1 is 1.19 bits per heavy atom. The van der Waals surface area contributed by atoms with Gasteiger partial charge in [-0.15, -0.1) is 0 Å². The molecular formula is C21H25ClN2O2S. The van der Waals surface area contributed by atoms with E-state index in [1.165, 1.54) is 0 Å².